The Hall–Kier alpha value is -0.480. The summed E-state index contributed by atoms with van der Waals surface area (Å²) in [6.45, 7) is 3.84. The molecule has 9 heteroatoms. The molecule has 3 heterocycles. The first-order valence-electron chi connectivity index (χ1n) is 13.8. The van der Waals surface area contributed by atoms with E-state index < -0.39 is 0 Å². The number of carbonyl (C=O) groups is 1. The summed E-state index contributed by atoms with van der Waals surface area (Å²) in [5.74, 6) is 1.42. The van der Waals surface area contributed by atoms with E-state index >= 15 is 0 Å². The van der Waals surface area contributed by atoms with Gasteiger partial charge in [-0.05, 0) is 77.4 Å². The molecule has 1 amide bonds. The molecule has 8 nitrogen and oxygen atoms in total. The van der Waals surface area contributed by atoms with Crippen molar-refractivity contribution in [3.63, 3.8) is 0 Å². The maximum Gasteiger partial charge on any atom is 0.223 e. The second-order valence-corrected chi connectivity index (χ2v) is 11.9. The molecular weight excluding hydrogens is 452 g/mol. The maximum absolute atomic E-state index is 13.3. The highest BCUT2D eigenvalue weighted by Gasteiger charge is 2.42. The van der Waals surface area contributed by atoms with Crippen LogP contribution in [0.15, 0.2) is 0 Å². The van der Waals surface area contributed by atoms with Crippen LogP contribution in [0.5, 0.6) is 0 Å². The average Bonchev–Trinajstić information content (AvgIpc) is 3.24. The van der Waals surface area contributed by atoms with Gasteiger partial charge >= 0.3 is 0 Å². The van der Waals surface area contributed by atoms with Crippen molar-refractivity contribution in [2.24, 2.45) is 17.8 Å². The lowest BCUT2D eigenvalue weighted by Gasteiger charge is -2.44. The van der Waals surface area contributed by atoms with Gasteiger partial charge in [-0.25, -0.2) is 10.9 Å². The zero-order chi connectivity index (χ0) is 23.5. The van der Waals surface area contributed by atoms with Crippen LogP contribution in [0.2, 0.25) is 0 Å². The number of ether oxygens (including phenoxy) is 1. The number of rotatable bonds is 6. The van der Waals surface area contributed by atoms with Crippen LogP contribution in [0.25, 0.3) is 0 Å². The van der Waals surface area contributed by atoms with E-state index in [1.807, 2.05) is 0 Å². The number of hydrogen-bond acceptors (Lipinski definition) is 7. The standard InChI is InChI=1S/C25H45ClN6O2/c1-32-22(30-31-24(32)16-8-11-27-12-9-16)15-28-18-5-2-4-17(14-18)25(33)29-21-10-13-34-23-19(21)6-3-7-20(23)26/h16-24,27-28,30-31H,2-15H2,1H3,(H,29,33)/t17?,18?,19?,20?,21-,22?,23?,24?/m1/s1. The van der Waals surface area contributed by atoms with Gasteiger partial charge in [-0.1, -0.05) is 12.8 Å². The summed E-state index contributed by atoms with van der Waals surface area (Å²) < 4.78 is 5.99. The van der Waals surface area contributed by atoms with E-state index in [1.165, 1.54) is 12.8 Å². The summed E-state index contributed by atoms with van der Waals surface area (Å²) in [7, 11) is 2.22. The fourth-order valence-corrected chi connectivity index (χ4v) is 7.52. The van der Waals surface area contributed by atoms with E-state index in [1.54, 1.807) is 0 Å². The molecule has 5 aliphatic rings. The van der Waals surface area contributed by atoms with Crippen LogP contribution in [-0.4, -0.2) is 80.0 Å². The van der Waals surface area contributed by atoms with Gasteiger partial charge in [-0.2, -0.15) is 0 Å². The number of piperidine rings is 1. The summed E-state index contributed by atoms with van der Waals surface area (Å²) in [4.78, 5) is 15.7. The summed E-state index contributed by atoms with van der Waals surface area (Å²) in [5.41, 5.74) is 7.04. The average molecular weight is 497 g/mol. The predicted molar refractivity (Wildman–Crippen MR) is 134 cm³/mol. The monoisotopic (exact) mass is 496 g/mol. The van der Waals surface area contributed by atoms with Crippen molar-refractivity contribution in [3.8, 4) is 0 Å². The highest BCUT2D eigenvalue weighted by Crippen LogP contribution is 2.37. The van der Waals surface area contributed by atoms with Gasteiger partial charge in [-0.15, -0.1) is 11.6 Å². The van der Waals surface area contributed by atoms with Crippen molar-refractivity contribution in [2.45, 2.75) is 100 Å². The zero-order valence-electron chi connectivity index (χ0n) is 20.7. The molecule has 2 saturated carbocycles. The van der Waals surface area contributed by atoms with E-state index in [-0.39, 0.29) is 35.5 Å². The van der Waals surface area contributed by atoms with Crippen LogP contribution in [-0.2, 0) is 9.53 Å². The van der Waals surface area contributed by atoms with Gasteiger partial charge in [0.2, 0.25) is 5.91 Å². The van der Waals surface area contributed by atoms with Gasteiger partial charge in [-0.3, -0.25) is 9.69 Å². The SMILES string of the molecule is CN1C(CNC2CCCC(C(=O)N[C@@H]3CCOC4C(Cl)CCCC43)C2)NNC1C1CCNCC1. The maximum atomic E-state index is 13.3. The van der Waals surface area contributed by atoms with E-state index in [4.69, 9.17) is 16.3 Å². The molecule has 0 spiro atoms. The second-order valence-electron chi connectivity index (χ2n) is 11.3. The Kier molecular flexibility index (Phi) is 8.68. The van der Waals surface area contributed by atoms with Crippen LogP contribution in [0.3, 0.4) is 0 Å². The summed E-state index contributed by atoms with van der Waals surface area (Å²) in [6, 6.07) is 0.623. The summed E-state index contributed by atoms with van der Waals surface area (Å²) >= 11 is 6.55. The molecule has 7 unspecified atom stereocenters. The highest BCUT2D eigenvalue weighted by molar-refractivity contribution is 6.21. The number of fused-ring (bicyclic) bond motifs is 1. The molecule has 8 atom stereocenters. The molecule has 5 rings (SSSR count). The normalized spacial score (nSPS) is 42.3. The van der Waals surface area contributed by atoms with Crippen molar-refractivity contribution in [3.05, 3.63) is 0 Å². The molecule has 0 aromatic carbocycles. The second kappa shape index (κ2) is 11.7. The number of halogens is 1. The quantitative estimate of drug-likeness (QED) is 0.356. The Balaban J connectivity index is 1.08. The van der Waals surface area contributed by atoms with Gasteiger partial charge < -0.3 is 20.7 Å². The first kappa shape index (κ1) is 25.2. The van der Waals surface area contributed by atoms with Gasteiger partial charge in [0.05, 0.1) is 23.8 Å². The number of hydrazine groups is 1. The third kappa shape index (κ3) is 5.74. The van der Waals surface area contributed by atoms with Crippen molar-refractivity contribution in [1.29, 1.82) is 0 Å². The van der Waals surface area contributed by atoms with Crippen molar-refractivity contribution >= 4 is 17.5 Å². The Morgan fingerprint density at radius 1 is 1.06 bits per heavy atom. The highest BCUT2D eigenvalue weighted by atomic mass is 35.5. The van der Waals surface area contributed by atoms with E-state index in [2.05, 4.69) is 38.7 Å². The minimum absolute atomic E-state index is 0.0907. The fraction of sp³-hybridized carbons (Fsp3) is 0.960. The smallest absolute Gasteiger partial charge is 0.223 e. The summed E-state index contributed by atoms with van der Waals surface area (Å²) in [6.07, 6.45) is 11.6. The molecule has 2 aliphatic carbocycles. The van der Waals surface area contributed by atoms with Gasteiger partial charge in [0.1, 0.15) is 0 Å². The number of amides is 1. The molecule has 0 radical (unpaired) electrons. The molecular formula is C25H45ClN6O2. The molecule has 5 fully saturated rings. The molecule has 0 bridgehead atoms. The molecule has 194 valence electrons. The third-order valence-corrected chi connectivity index (χ3v) is 9.65. The minimum atomic E-state index is 0.0907. The van der Waals surface area contributed by atoms with E-state index in [0.717, 1.165) is 71.0 Å². The molecule has 3 saturated heterocycles. The predicted octanol–water partition coefficient (Wildman–Crippen LogP) is 1.51. The fourth-order valence-electron chi connectivity index (χ4n) is 7.10. The number of likely N-dealkylation sites (N-methyl/N-ethyl adjacent to an activating group) is 1. The van der Waals surface area contributed by atoms with Gasteiger partial charge in [0.15, 0.2) is 0 Å². The van der Waals surface area contributed by atoms with Crippen LogP contribution in [0.4, 0.5) is 0 Å². The number of nitrogens with one attached hydrogen (secondary N) is 5. The van der Waals surface area contributed by atoms with Crippen LogP contribution < -0.4 is 26.8 Å². The lowest BCUT2D eigenvalue weighted by Crippen LogP contribution is -2.55. The summed E-state index contributed by atoms with van der Waals surface area (Å²) in [5, 5.41) is 10.8. The van der Waals surface area contributed by atoms with E-state index in [0.29, 0.717) is 30.7 Å². The number of nitrogens with zero attached hydrogens (tertiary/aromatic N) is 1. The topological polar surface area (TPSA) is 89.7 Å². The molecule has 0 aromatic heterocycles. The number of carbonyl (C=O) groups excluding carboxylic acids is 1. The van der Waals surface area contributed by atoms with E-state index in [9.17, 15) is 4.79 Å². The molecule has 5 N–H and O–H groups in total. The lowest BCUT2D eigenvalue weighted by atomic mass is 9.78. The van der Waals surface area contributed by atoms with Crippen LogP contribution in [0, 0.1) is 17.8 Å². The van der Waals surface area contributed by atoms with Gasteiger partial charge in [0, 0.05) is 37.1 Å². The molecule has 34 heavy (non-hydrogen) atoms. The molecule has 3 aliphatic heterocycles. The van der Waals surface area contributed by atoms with Crippen molar-refractivity contribution in [1.82, 2.24) is 31.7 Å². The first-order chi connectivity index (χ1) is 16.6. The van der Waals surface area contributed by atoms with Crippen LogP contribution in [0.1, 0.15) is 64.2 Å². The van der Waals surface area contributed by atoms with Crippen LogP contribution >= 0.6 is 11.6 Å². The van der Waals surface area contributed by atoms with Crippen molar-refractivity contribution < 1.29 is 9.53 Å². The third-order valence-electron chi connectivity index (χ3n) is 9.18. The zero-order valence-corrected chi connectivity index (χ0v) is 21.5. The van der Waals surface area contributed by atoms with Gasteiger partial charge in [0.25, 0.3) is 0 Å². The Bertz CT molecular complexity index is 680. The Morgan fingerprint density at radius 2 is 1.88 bits per heavy atom. The largest absolute Gasteiger partial charge is 0.376 e. The minimum Gasteiger partial charge on any atom is -0.376 e. The number of hydrogen-bond donors (Lipinski definition) is 5. The first-order valence-corrected chi connectivity index (χ1v) is 14.3. The Morgan fingerprint density at radius 3 is 2.74 bits per heavy atom. The number of alkyl halides is 1. The Labute approximate surface area is 210 Å². The van der Waals surface area contributed by atoms with Crippen molar-refractivity contribution in [2.75, 3.05) is 33.3 Å². The molecule has 0 aromatic rings. The lowest BCUT2D eigenvalue weighted by molar-refractivity contribution is -0.130.